The van der Waals surface area contributed by atoms with Crippen LogP contribution in [0.3, 0.4) is 0 Å². The molecule has 21 heavy (non-hydrogen) atoms. The number of rotatable bonds is 8. The van der Waals surface area contributed by atoms with Crippen LogP contribution >= 0.6 is 11.6 Å². The molecule has 1 atom stereocenters. The van der Waals surface area contributed by atoms with E-state index < -0.39 is 0 Å². The maximum absolute atomic E-state index is 6.12. The van der Waals surface area contributed by atoms with E-state index in [0.717, 1.165) is 29.2 Å². The third-order valence-electron chi connectivity index (χ3n) is 4.15. The average molecular weight is 311 g/mol. The summed E-state index contributed by atoms with van der Waals surface area (Å²) in [5.74, 6) is 1.43. The first kappa shape index (κ1) is 16.3. The first-order chi connectivity index (χ1) is 10.1. The summed E-state index contributed by atoms with van der Waals surface area (Å²) in [5.41, 5.74) is 3.14. The molecule has 0 saturated heterocycles. The SMILES string of the molecule is CCCCCCC(C)n1c(CCl)nc2c(C)nn(CC)c21. The molecule has 5 heteroatoms. The molecular formula is C16H27ClN4. The Morgan fingerprint density at radius 1 is 1.19 bits per heavy atom. The molecule has 0 radical (unpaired) electrons. The third-order valence-corrected chi connectivity index (χ3v) is 4.39. The van der Waals surface area contributed by atoms with Gasteiger partial charge in [-0.25, -0.2) is 9.67 Å². The number of alkyl halides is 1. The number of imidazole rings is 1. The van der Waals surface area contributed by atoms with Crippen LogP contribution in [0.25, 0.3) is 11.2 Å². The Hall–Kier alpha value is -1.03. The molecule has 0 bridgehead atoms. The largest absolute Gasteiger partial charge is 0.309 e. The van der Waals surface area contributed by atoms with Crippen LogP contribution in [0.15, 0.2) is 0 Å². The molecule has 2 rings (SSSR count). The van der Waals surface area contributed by atoms with Crippen molar-refractivity contribution in [1.82, 2.24) is 19.3 Å². The lowest BCUT2D eigenvalue weighted by molar-refractivity contribution is 0.463. The van der Waals surface area contributed by atoms with Crippen molar-refractivity contribution in [3.63, 3.8) is 0 Å². The number of hydrogen-bond donors (Lipinski definition) is 0. The van der Waals surface area contributed by atoms with Gasteiger partial charge in [0, 0.05) is 12.6 Å². The van der Waals surface area contributed by atoms with Crippen molar-refractivity contribution < 1.29 is 0 Å². The number of hydrogen-bond acceptors (Lipinski definition) is 2. The number of nitrogens with zero attached hydrogens (tertiary/aromatic N) is 4. The molecule has 0 aliphatic heterocycles. The highest BCUT2D eigenvalue weighted by Gasteiger charge is 2.20. The summed E-state index contributed by atoms with van der Waals surface area (Å²) in [6.07, 6.45) is 6.33. The van der Waals surface area contributed by atoms with E-state index in [-0.39, 0.29) is 0 Å². The Morgan fingerprint density at radius 3 is 2.57 bits per heavy atom. The van der Waals surface area contributed by atoms with E-state index in [4.69, 9.17) is 16.6 Å². The zero-order valence-electron chi connectivity index (χ0n) is 13.7. The van der Waals surface area contributed by atoms with Gasteiger partial charge in [0.15, 0.2) is 5.65 Å². The summed E-state index contributed by atoms with van der Waals surface area (Å²) in [4.78, 5) is 4.71. The van der Waals surface area contributed by atoms with Gasteiger partial charge in [0.2, 0.25) is 0 Å². The van der Waals surface area contributed by atoms with Crippen molar-refractivity contribution in [2.24, 2.45) is 0 Å². The molecule has 118 valence electrons. The minimum Gasteiger partial charge on any atom is -0.309 e. The Kier molecular flexibility index (Phi) is 5.68. The quantitative estimate of drug-likeness (QED) is 0.517. The first-order valence-electron chi connectivity index (χ1n) is 8.14. The topological polar surface area (TPSA) is 35.6 Å². The van der Waals surface area contributed by atoms with E-state index in [1.807, 2.05) is 6.92 Å². The number of aryl methyl sites for hydroxylation is 2. The molecular weight excluding hydrogens is 284 g/mol. The monoisotopic (exact) mass is 310 g/mol. The fraction of sp³-hybridized carbons (Fsp3) is 0.750. The second kappa shape index (κ2) is 7.30. The highest BCUT2D eigenvalue weighted by molar-refractivity contribution is 6.16. The second-order valence-corrected chi connectivity index (χ2v) is 6.07. The normalized spacial score (nSPS) is 13.2. The fourth-order valence-corrected chi connectivity index (χ4v) is 3.20. The summed E-state index contributed by atoms with van der Waals surface area (Å²) >= 11 is 6.12. The van der Waals surface area contributed by atoms with Crippen molar-refractivity contribution in [2.75, 3.05) is 0 Å². The van der Waals surface area contributed by atoms with Crippen molar-refractivity contribution in [3.05, 3.63) is 11.5 Å². The average Bonchev–Trinajstić information content (AvgIpc) is 3.01. The van der Waals surface area contributed by atoms with Crippen LogP contribution in [0.5, 0.6) is 0 Å². The molecule has 4 nitrogen and oxygen atoms in total. The van der Waals surface area contributed by atoms with E-state index >= 15 is 0 Å². The molecule has 0 saturated carbocycles. The lowest BCUT2D eigenvalue weighted by Crippen LogP contribution is -2.12. The molecule has 2 aromatic heterocycles. The highest BCUT2D eigenvalue weighted by atomic mass is 35.5. The van der Waals surface area contributed by atoms with Gasteiger partial charge in [-0.15, -0.1) is 11.6 Å². The van der Waals surface area contributed by atoms with Gasteiger partial charge in [-0.05, 0) is 27.2 Å². The Bertz CT molecular complexity index is 585. The summed E-state index contributed by atoms with van der Waals surface area (Å²) < 4.78 is 4.36. The molecule has 2 heterocycles. The van der Waals surface area contributed by atoms with E-state index in [1.54, 1.807) is 0 Å². The van der Waals surface area contributed by atoms with Gasteiger partial charge < -0.3 is 4.57 Å². The molecule has 2 aromatic rings. The molecule has 0 fully saturated rings. The van der Waals surface area contributed by atoms with Gasteiger partial charge in [-0.1, -0.05) is 32.6 Å². The smallest absolute Gasteiger partial charge is 0.159 e. The molecule has 1 unspecified atom stereocenters. The van der Waals surface area contributed by atoms with Crippen LogP contribution in [0, 0.1) is 6.92 Å². The van der Waals surface area contributed by atoms with Crippen LogP contribution in [0.2, 0.25) is 0 Å². The van der Waals surface area contributed by atoms with E-state index in [1.165, 1.54) is 32.1 Å². The van der Waals surface area contributed by atoms with Crippen molar-refractivity contribution in [1.29, 1.82) is 0 Å². The maximum atomic E-state index is 6.12. The van der Waals surface area contributed by atoms with Crippen molar-refractivity contribution >= 4 is 22.8 Å². The van der Waals surface area contributed by atoms with E-state index in [0.29, 0.717) is 11.9 Å². The van der Waals surface area contributed by atoms with Gasteiger partial charge in [0.1, 0.15) is 11.3 Å². The second-order valence-electron chi connectivity index (χ2n) is 5.80. The standard InChI is InChI=1S/C16H27ClN4/c1-5-7-8-9-10-12(3)21-14(11-17)18-15-13(4)19-20(6-2)16(15)21/h12H,5-11H2,1-4H3. The van der Waals surface area contributed by atoms with Gasteiger partial charge in [0.05, 0.1) is 11.6 Å². The summed E-state index contributed by atoms with van der Waals surface area (Å²) in [6.45, 7) is 9.52. The van der Waals surface area contributed by atoms with Crippen LogP contribution in [-0.4, -0.2) is 19.3 Å². The summed E-state index contributed by atoms with van der Waals surface area (Å²) in [7, 11) is 0. The molecule has 0 aromatic carbocycles. The lowest BCUT2D eigenvalue weighted by atomic mass is 10.1. The van der Waals surface area contributed by atoms with Crippen LogP contribution in [0.4, 0.5) is 0 Å². The van der Waals surface area contributed by atoms with Gasteiger partial charge in [0.25, 0.3) is 0 Å². The van der Waals surface area contributed by atoms with E-state index in [9.17, 15) is 0 Å². The van der Waals surface area contributed by atoms with E-state index in [2.05, 4.69) is 35.1 Å². The predicted octanol–water partition coefficient (Wildman–Crippen LogP) is 4.83. The summed E-state index contributed by atoms with van der Waals surface area (Å²) in [5, 5.41) is 4.59. The molecule has 0 spiro atoms. The van der Waals surface area contributed by atoms with Gasteiger partial charge >= 0.3 is 0 Å². The highest BCUT2D eigenvalue weighted by Crippen LogP contribution is 2.27. The number of fused-ring (bicyclic) bond motifs is 1. The molecule has 0 aliphatic carbocycles. The van der Waals surface area contributed by atoms with Crippen molar-refractivity contribution in [3.8, 4) is 0 Å². The minimum absolute atomic E-state index is 0.419. The Morgan fingerprint density at radius 2 is 1.95 bits per heavy atom. The van der Waals surface area contributed by atoms with Crippen LogP contribution < -0.4 is 0 Å². The van der Waals surface area contributed by atoms with Crippen molar-refractivity contribution in [2.45, 2.75) is 78.3 Å². The Balaban J connectivity index is 2.31. The number of unbranched alkanes of at least 4 members (excludes halogenated alkanes) is 3. The minimum atomic E-state index is 0.419. The third kappa shape index (κ3) is 3.25. The Labute approximate surface area is 132 Å². The fourth-order valence-electron chi connectivity index (χ4n) is 3.01. The maximum Gasteiger partial charge on any atom is 0.159 e. The predicted molar refractivity (Wildman–Crippen MR) is 89.0 cm³/mol. The summed E-state index contributed by atoms with van der Waals surface area (Å²) in [6, 6.07) is 0.419. The molecule has 0 amide bonds. The zero-order valence-corrected chi connectivity index (χ0v) is 14.4. The zero-order chi connectivity index (χ0) is 15.4. The molecule has 0 N–H and O–H groups in total. The lowest BCUT2D eigenvalue weighted by Gasteiger charge is -2.17. The molecule has 0 aliphatic rings. The number of aromatic nitrogens is 4. The van der Waals surface area contributed by atoms with Gasteiger partial charge in [-0.3, -0.25) is 0 Å². The number of halogens is 1. The first-order valence-corrected chi connectivity index (χ1v) is 8.67. The van der Waals surface area contributed by atoms with Crippen LogP contribution in [-0.2, 0) is 12.4 Å². The van der Waals surface area contributed by atoms with Crippen LogP contribution in [0.1, 0.15) is 70.4 Å². The van der Waals surface area contributed by atoms with Gasteiger partial charge in [-0.2, -0.15) is 5.10 Å².